The molecule has 0 bridgehead atoms. The summed E-state index contributed by atoms with van der Waals surface area (Å²) in [6.45, 7) is 7.45. The van der Waals surface area contributed by atoms with Crippen LogP contribution in [0.1, 0.15) is 75.4 Å². The van der Waals surface area contributed by atoms with E-state index in [4.69, 9.17) is 0 Å². The highest BCUT2D eigenvalue weighted by Gasteiger charge is 2.25. The summed E-state index contributed by atoms with van der Waals surface area (Å²) in [6, 6.07) is 2.71. The number of hydrogen-bond donors (Lipinski definition) is 1. The van der Waals surface area contributed by atoms with E-state index >= 15 is 0 Å². The van der Waals surface area contributed by atoms with Crippen molar-refractivity contribution in [1.29, 1.82) is 0 Å². The van der Waals surface area contributed by atoms with Gasteiger partial charge >= 0.3 is 0 Å². The monoisotopic (exact) mass is 275 g/mol. The van der Waals surface area contributed by atoms with Gasteiger partial charge in [0.1, 0.15) is 0 Å². The predicted octanol–water partition coefficient (Wildman–Crippen LogP) is 3.97. The second-order valence-electron chi connectivity index (χ2n) is 6.03. The van der Waals surface area contributed by atoms with Crippen molar-refractivity contribution >= 4 is 0 Å². The molecular formula is C17H29N3. The van der Waals surface area contributed by atoms with Crippen LogP contribution >= 0.6 is 0 Å². The van der Waals surface area contributed by atoms with Crippen LogP contribution in [0.2, 0.25) is 0 Å². The summed E-state index contributed by atoms with van der Waals surface area (Å²) in [7, 11) is 0. The van der Waals surface area contributed by atoms with Crippen molar-refractivity contribution in [3.05, 3.63) is 23.0 Å². The Kier molecular flexibility index (Phi) is 5.96. The molecule has 1 aromatic rings. The molecule has 1 saturated carbocycles. The highest BCUT2D eigenvalue weighted by molar-refractivity contribution is 5.25. The largest absolute Gasteiger partial charge is 0.310 e. The lowest BCUT2D eigenvalue weighted by Crippen LogP contribution is -2.29. The van der Waals surface area contributed by atoms with Crippen LogP contribution in [-0.2, 0) is 6.42 Å². The first kappa shape index (κ1) is 15.4. The minimum Gasteiger partial charge on any atom is -0.310 e. The summed E-state index contributed by atoms with van der Waals surface area (Å²) in [5, 5.41) is 12.4. The van der Waals surface area contributed by atoms with Gasteiger partial charge in [0.2, 0.25) is 0 Å². The van der Waals surface area contributed by atoms with Crippen molar-refractivity contribution in [2.24, 2.45) is 5.92 Å². The van der Waals surface area contributed by atoms with Gasteiger partial charge in [0.25, 0.3) is 0 Å². The van der Waals surface area contributed by atoms with E-state index in [1.807, 2.05) is 6.92 Å². The Morgan fingerprint density at radius 1 is 1.15 bits per heavy atom. The molecule has 1 aliphatic carbocycles. The van der Waals surface area contributed by atoms with Crippen molar-refractivity contribution < 1.29 is 0 Å². The van der Waals surface area contributed by atoms with Crippen molar-refractivity contribution in [1.82, 2.24) is 15.5 Å². The molecule has 1 aromatic heterocycles. The second-order valence-corrected chi connectivity index (χ2v) is 6.03. The Balaban J connectivity index is 2.28. The smallest absolute Gasteiger partial charge is 0.0676 e. The Morgan fingerprint density at radius 2 is 1.85 bits per heavy atom. The SMILES string of the molecule is CCNC(c1cc(C)nnc1CC)C1CCCCCC1. The first-order valence-corrected chi connectivity index (χ1v) is 8.32. The standard InChI is InChI=1S/C17H29N3/c1-4-16-15(12-13(3)19-20-16)17(18-5-2)14-10-8-6-7-9-11-14/h12,14,17-18H,4-11H2,1-3H3. The summed E-state index contributed by atoms with van der Waals surface area (Å²) in [5.41, 5.74) is 3.60. The lowest BCUT2D eigenvalue weighted by atomic mass is 9.86. The van der Waals surface area contributed by atoms with Gasteiger partial charge in [0.15, 0.2) is 0 Å². The van der Waals surface area contributed by atoms with Gasteiger partial charge < -0.3 is 5.32 Å². The van der Waals surface area contributed by atoms with E-state index in [-0.39, 0.29) is 0 Å². The summed E-state index contributed by atoms with van der Waals surface area (Å²) in [6.07, 6.45) is 9.24. The Morgan fingerprint density at radius 3 is 2.45 bits per heavy atom. The molecule has 20 heavy (non-hydrogen) atoms. The van der Waals surface area contributed by atoms with E-state index in [1.54, 1.807) is 0 Å². The number of nitrogens with one attached hydrogen (secondary N) is 1. The van der Waals surface area contributed by atoms with E-state index in [0.29, 0.717) is 6.04 Å². The van der Waals surface area contributed by atoms with Crippen LogP contribution in [0, 0.1) is 12.8 Å². The van der Waals surface area contributed by atoms with Gasteiger partial charge in [0, 0.05) is 6.04 Å². The first-order valence-electron chi connectivity index (χ1n) is 8.32. The molecule has 3 heteroatoms. The minimum atomic E-state index is 0.460. The lowest BCUT2D eigenvalue weighted by Gasteiger charge is -2.28. The van der Waals surface area contributed by atoms with Crippen LogP contribution in [0.5, 0.6) is 0 Å². The maximum atomic E-state index is 4.43. The Hall–Kier alpha value is -0.960. The van der Waals surface area contributed by atoms with E-state index in [1.165, 1.54) is 49.8 Å². The molecule has 0 aliphatic heterocycles. The maximum absolute atomic E-state index is 4.43. The second kappa shape index (κ2) is 7.72. The highest BCUT2D eigenvalue weighted by atomic mass is 15.1. The third-order valence-electron chi connectivity index (χ3n) is 4.49. The summed E-state index contributed by atoms with van der Waals surface area (Å²) >= 11 is 0. The van der Waals surface area contributed by atoms with Crippen molar-refractivity contribution in [2.45, 2.75) is 71.8 Å². The molecule has 0 spiro atoms. The summed E-state index contributed by atoms with van der Waals surface area (Å²) < 4.78 is 0. The molecule has 1 heterocycles. The predicted molar refractivity (Wildman–Crippen MR) is 83.8 cm³/mol. The van der Waals surface area contributed by atoms with Gasteiger partial charge in [-0.1, -0.05) is 39.5 Å². The molecule has 1 fully saturated rings. The number of aryl methyl sites for hydroxylation is 2. The fourth-order valence-corrected chi connectivity index (χ4v) is 3.47. The molecule has 0 amide bonds. The molecule has 1 N–H and O–H groups in total. The van der Waals surface area contributed by atoms with Gasteiger partial charge in [-0.15, -0.1) is 0 Å². The summed E-state index contributed by atoms with van der Waals surface area (Å²) in [5.74, 6) is 0.756. The van der Waals surface area contributed by atoms with E-state index in [2.05, 4.69) is 35.4 Å². The van der Waals surface area contributed by atoms with Gasteiger partial charge in [-0.2, -0.15) is 10.2 Å². The van der Waals surface area contributed by atoms with Crippen LogP contribution < -0.4 is 5.32 Å². The van der Waals surface area contributed by atoms with Gasteiger partial charge in [-0.05, 0) is 50.3 Å². The molecule has 0 aromatic carbocycles. The van der Waals surface area contributed by atoms with Crippen molar-refractivity contribution in [3.8, 4) is 0 Å². The zero-order chi connectivity index (χ0) is 14.4. The highest BCUT2D eigenvalue weighted by Crippen LogP contribution is 2.34. The van der Waals surface area contributed by atoms with Gasteiger partial charge in [0.05, 0.1) is 11.4 Å². The van der Waals surface area contributed by atoms with Crippen LogP contribution in [0.4, 0.5) is 0 Å². The average molecular weight is 275 g/mol. The van der Waals surface area contributed by atoms with Crippen LogP contribution in [0.15, 0.2) is 6.07 Å². The molecular weight excluding hydrogens is 246 g/mol. The maximum Gasteiger partial charge on any atom is 0.0676 e. The van der Waals surface area contributed by atoms with E-state index in [9.17, 15) is 0 Å². The normalized spacial score (nSPS) is 18.8. The molecule has 0 radical (unpaired) electrons. The molecule has 1 atom stereocenters. The zero-order valence-corrected chi connectivity index (χ0v) is 13.3. The molecule has 2 rings (SSSR count). The zero-order valence-electron chi connectivity index (χ0n) is 13.3. The van der Waals surface area contributed by atoms with Crippen molar-refractivity contribution in [2.75, 3.05) is 6.54 Å². The number of hydrogen-bond acceptors (Lipinski definition) is 3. The molecule has 1 unspecified atom stereocenters. The number of rotatable bonds is 5. The quantitative estimate of drug-likeness (QED) is 0.826. The van der Waals surface area contributed by atoms with Crippen molar-refractivity contribution in [3.63, 3.8) is 0 Å². The van der Waals surface area contributed by atoms with Gasteiger partial charge in [-0.3, -0.25) is 0 Å². The minimum absolute atomic E-state index is 0.460. The molecule has 3 nitrogen and oxygen atoms in total. The fourth-order valence-electron chi connectivity index (χ4n) is 3.47. The number of aromatic nitrogens is 2. The van der Waals surface area contributed by atoms with Gasteiger partial charge in [-0.25, -0.2) is 0 Å². The summed E-state index contributed by atoms with van der Waals surface area (Å²) in [4.78, 5) is 0. The van der Waals surface area contributed by atoms with Crippen LogP contribution in [-0.4, -0.2) is 16.7 Å². The molecule has 112 valence electrons. The topological polar surface area (TPSA) is 37.8 Å². The third-order valence-corrected chi connectivity index (χ3v) is 4.49. The fraction of sp³-hybridized carbons (Fsp3) is 0.765. The lowest BCUT2D eigenvalue weighted by molar-refractivity contribution is 0.327. The molecule has 0 saturated heterocycles. The van der Waals surface area contributed by atoms with E-state index in [0.717, 1.165) is 24.6 Å². The Labute approximate surface area is 123 Å². The third kappa shape index (κ3) is 3.78. The first-order chi connectivity index (χ1) is 9.76. The van der Waals surface area contributed by atoms with Crippen LogP contribution in [0.25, 0.3) is 0 Å². The van der Waals surface area contributed by atoms with E-state index < -0.39 is 0 Å². The average Bonchev–Trinajstić information content (AvgIpc) is 2.73. The Bertz CT molecular complexity index is 409. The number of nitrogens with zero attached hydrogens (tertiary/aromatic N) is 2. The van der Waals surface area contributed by atoms with Crippen LogP contribution in [0.3, 0.4) is 0 Å². The molecule has 1 aliphatic rings.